The van der Waals surface area contributed by atoms with Gasteiger partial charge in [0.2, 0.25) is 0 Å². The van der Waals surface area contributed by atoms with Crippen LogP contribution in [0.4, 0.5) is 4.39 Å². The van der Waals surface area contributed by atoms with Crippen LogP contribution in [-0.4, -0.2) is 37.1 Å². The second-order valence-corrected chi connectivity index (χ2v) is 9.71. The third-order valence-corrected chi connectivity index (χ3v) is 7.36. The summed E-state index contributed by atoms with van der Waals surface area (Å²) in [5.41, 5.74) is 2.89. The third kappa shape index (κ3) is 5.84. The lowest BCUT2D eigenvalue weighted by atomic mass is 10.0. The zero-order chi connectivity index (χ0) is 25.8. The molecule has 0 radical (unpaired) electrons. The van der Waals surface area contributed by atoms with Gasteiger partial charge in [-0.1, -0.05) is 36.4 Å². The minimum absolute atomic E-state index is 0. The molecule has 1 aromatic heterocycles. The number of nitrogens with zero attached hydrogens (tertiary/aromatic N) is 2. The van der Waals surface area contributed by atoms with Crippen molar-refractivity contribution in [2.75, 3.05) is 27.3 Å². The molecule has 1 fully saturated rings. The van der Waals surface area contributed by atoms with Gasteiger partial charge in [0.15, 0.2) is 11.5 Å². The molecule has 2 heterocycles. The van der Waals surface area contributed by atoms with Crippen LogP contribution in [0.2, 0.25) is 0 Å². The van der Waals surface area contributed by atoms with Crippen molar-refractivity contribution in [2.45, 2.75) is 38.3 Å². The van der Waals surface area contributed by atoms with Gasteiger partial charge in [0.25, 0.3) is 5.56 Å². The molecule has 0 spiro atoms. The first-order chi connectivity index (χ1) is 18.1. The summed E-state index contributed by atoms with van der Waals surface area (Å²) < 4.78 is 26.3. The Balaban J connectivity index is 0.00000336. The highest BCUT2D eigenvalue weighted by Crippen LogP contribution is 2.30. The Morgan fingerprint density at radius 1 is 0.947 bits per heavy atom. The second-order valence-electron chi connectivity index (χ2n) is 9.71. The molecule has 3 aromatic carbocycles. The van der Waals surface area contributed by atoms with E-state index in [0.29, 0.717) is 11.8 Å². The van der Waals surface area contributed by atoms with Crippen molar-refractivity contribution in [1.82, 2.24) is 9.78 Å². The monoisotopic (exact) mass is 537 g/mol. The van der Waals surface area contributed by atoms with Gasteiger partial charge in [0.05, 0.1) is 50.0 Å². The van der Waals surface area contributed by atoms with Crippen molar-refractivity contribution in [3.8, 4) is 11.5 Å². The van der Waals surface area contributed by atoms with Gasteiger partial charge >= 0.3 is 0 Å². The molecule has 6 nitrogen and oxygen atoms in total. The lowest BCUT2D eigenvalue weighted by Crippen LogP contribution is -3.10. The average Bonchev–Trinajstić information content (AvgIpc) is 3.16. The maximum atomic E-state index is 13.5. The number of hydrogen-bond donors (Lipinski definition) is 1. The summed E-state index contributed by atoms with van der Waals surface area (Å²) in [7, 11) is 3.33. The highest BCUT2D eigenvalue weighted by Gasteiger charge is 2.25. The lowest BCUT2D eigenvalue weighted by molar-refractivity contribution is -0.913. The maximum absolute atomic E-state index is 13.5. The number of rotatable bonds is 7. The molecule has 2 unspecified atom stereocenters. The van der Waals surface area contributed by atoms with Crippen LogP contribution in [0.3, 0.4) is 0 Å². The van der Waals surface area contributed by atoms with E-state index in [-0.39, 0.29) is 29.8 Å². The van der Waals surface area contributed by atoms with E-state index < -0.39 is 0 Å². The molecule has 200 valence electrons. The van der Waals surface area contributed by atoms with Gasteiger partial charge in [0, 0.05) is 18.2 Å². The molecule has 0 amide bonds. The predicted octanol–water partition coefficient (Wildman–Crippen LogP) is 0.958. The Morgan fingerprint density at radius 3 is 2.45 bits per heavy atom. The summed E-state index contributed by atoms with van der Waals surface area (Å²) in [4.78, 5) is 15.0. The first kappa shape index (κ1) is 27.6. The number of para-hydroxylation sites is 1. The fourth-order valence-corrected chi connectivity index (χ4v) is 5.46. The highest BCUT2D eigenvalue weighted by molar-refractivity contribution is 5.83. The van der Waals surface area contributed by atoms with E-state index in [0.717, 1.165) is 72.6 Å². The molecule has 0 aliphatic carbocycles. The first-order valence-electron chi connectivity index (χ1n) is 12.9. The van der Waals surface area contributed by atoms with Gasteiger partial charge in [-0.25, -0.2) is 9.07 Å². The first-order valence-corrected chi connectivity index (χ1v) is 12.9. The van der Waals surface area contributed by atoms with Crippen LogP contribution in [0, 0.1) is 5.82 Å². The van der Waals surface area contributed by atoms with Crippen LogP contribution in [0.25, 0.3) is 10.8 Å². The molecule has 1 aliphatic rings. The Kier molecular flexibility index (Phi) is 9.02. The van der Waals surface area contributed by atoms with Crippen LogP contribution in [-0.2, 0) is 13.0 Å². The van der Waals surface area contributed by atoms with Crippen LogP contribution in [0.5, 0.6) is 11.5 Å². The number of benzene rings is 3. The summed E-state index contributed by atoms with van der Waals surface area (Å²) in [6.45, 7) is 2.78. The molecule has 5 rings (SSSR count). The summed E-state index contributed by atoms with van der Waals surface area (Å²) in [5.74, 6) is 1.27. The minimum Gasteiger partial charge on any atom is -1.00 e. The van der Waals surface area contributed by atoms with E-state index >= 15 is 0 Å². The lowest BCUT2D eigenvalue weighted by Gasteiger charge is -2.20. The minimum atomic E-state index is -0.261. The van der Waals surface area contributed by atoms with Crippen LogP contribution < -0.4 is 32.3 Å². The van der Waals surface area contributed by atoms with E-state index in [9.17, 15) is 9.18 Å². The van der Waals surface area contributed by atoms with Gasteiger partial charge < -0.3 is 26.8 Å². The summed E-state index contributed by atoms with van der Waals surface area (Å²) in [5, 5.41) is 6.45. The normalized spacial score (nSPS) is 17.4. The third-order valence-electron chi connectivity index (χ3n) is 7.36. The zero-order valence-corrected chi connectivity index (χ0v) is 22.5. The van der Waals surface area contributed by atoms with Gasteiger partial charge in [0.1, 0.15) is 12.4 Å². The molecule has 0 saturated carbocycles. The van der Waals surface area contributed by atoms with Crippen molar-refractivity contribution < 1.29 is 31.2 Å². The molecular weight excluding hydrogens is 505 g/mol. The van der Waals surface area contributed by atoms with Crippen LogP contribution in [0.15, 0.2) is 71.5 Å². The Morgan fingerprint density at radius 2 is 1.71 bits per heavy atom. The quantitative estimate of drug-likeness (QED) is 0.381. The summed E-state index contributed by atoms with van der Waals surface area (Å²) >= 11 is 0. The Labute approximate surface area is 228 Å². The molecule has 2 atom stereocenters. The van der Waals surface area contributed by atoms with Crippen molar-refractivity contribution in [3.63, 3.8) is 0 Å². The summed E-state index contributed by atoms with van der Waals surface area (Å²) in [6.07, 6.45) is 3.31. The number of aromatic nitrogens is 2. The molecular formula is C30H33ClFN3O3. The molecule has 1 aliphatic heterocycles. The number of nitrogens with one attached hydrogen (secondary N) is 1. The van der Waals surface area contributed by atoms with Crippen molar-refractivity contribution in [3.05, 3.63) is 99.7 Å². The van der Waals surface area contributed by atoms with E-state index in [1.54, 1.807) is 31.0 Å². The number of likely N-dealkylation sites (tertiary alicyclic amines) is 1. The van der Waals surface area contributed by atoms with Crippen LogP contribution in [0.1, 0.15) is 42.1 Å². The van der Waals surface area contributed by atoms with Crippen molar-refractivity contribution >= 4 is 10.8 Å². The molecule has 8 heteroatoms. The molecule has 4 aromatic rings. The van der Waals surface area contributed by atoms with E-state index in [4.69, 9.17) is 14.6 Å². The fraction of sp³-hybridized carbons (Fsp3) is 0.333. The predicted molar refractivity (Wildman–Crippen MR) is 142 cm³/mol. The van der Waals surface area contributed by atoms with Gasteiger partial charge in [-0.15, -0.1) is 0 Å². The molecule has 1 saturated heterocycles. The standard InChI is InChI=1S/C30H32FN3O3.ClH/c1-36-28-11-5-7-22(29(28)37-2)20-33-17-6-8-24(16-18-33)34-30(35)26-10-4-3-9-25(26)27(32-34)19-21-12-14-23(31)15-13-21;/h3-5,7,9-15,24H,6,8,16-20H2,1-2H3;1H. The fourth-order valence-electron chi connectivity index (χ4n) is 5.46. The average molecular weight is 538 g/mol. The number of ether oxygens (including phenoxy) is 2. The van der Waals surface area contributed by atoms with E-state index in [1.165, 1.54) is 17.0 Å². The van der Waals surface area contributed by atoms with E-state index in [1.807, 2.05) is 36.4 Å². The topological polar surface area (TPSA) is 57.8 Å². The number of methoxy groups -OCH3 is 2. The smallest absolute Gasteiger partial charge is 0.274 e. The van der Waals surface area contributed by atoms with Crippen molar-refractivity contribution in [2.24, 2.45) is 0 Å². The largest absolute Gasteiger partial charge is 1.00 e. The molecule has 1 N–H and O–H groups in total. The summed E-state index contributed by atoms with van der Waals surface area (Å²) in [6, 6.07) is 20.2. The van der Waals surface area contributed by atoms with Crippen molar-refractivity contribution in [1.29, 1.82) is 0 Å². The molecule has 0 bridgehead atoms. The Hall–Kier alpha value is -3.42. The number of quaternary nitrogens is 1. The zero-order valence-electron chi connectivity index (χ0n) is 21.8. The maximum Gasteiger partial charge on any atom is 0.274 e. The highest BCUT2D eigenvalue weighted by atomic mass is 35.5. The second kappa shape index (κ2) is 12.4. The van der Waals surface area contributed by atoms with Gasteiger partial charge in [-0.05, 0) is 48.7 Å². The number of fused-ring (bicyclic) bond motifs is 1. The molecule has 38 heavy (non-hydrogen) atoms. The van der Waals surface area contributed by atoms with Gasteiger partial charge in [-0.2, -0.15) is 5.10 Å². The number of halogens is 2. The van der Waals surface area contributed by atoms with Crippen LogP contribution >= 0.6 is 0 Å². The van der Waals surface area contributed by atoms with Gasteiger partial charge in [-0.3, -0.25) is 4.79 Å². The van der Waals surface area contributed by atoms with E-state index in [2.05, 4.69) is 6.07 Å². The SMILES string of the molecule is COc1cccc(C[NH+]2CCCC(n3nc(Cc4ccc(F)cc4)c4ccccc4c3=O)CC2)c1OC.[Cl-]. The number of hydrogen-bond acceptors (Lipinski definition) is 4. The Bertz CT molecular complexity index is 1440.